The molecule has 1 saturated heterocycles. The predicted octanol–water partition coefficient (Wildman–Crippen LogP) is 1.89. The third kappa shape index (κ3) is 4.93. The van der Waals surface area contributed by atoms with Crippen molar-refractivity contribution in [3.63, 3.8) is 0 Å². The van der Waals surface area contributed by atoms with E-state index < -0.39 is 0 Å². The summed E-state index contributed by atoms with van der Waals surface area (Å²) in [6.45, 7) is 5.88. The van der Waals surface area contributed by atoms with Crippen molar-refractivity contribution < 1.29 is 4.79 Å². The Hall–Kier alpha value is -1.11. The van der Waals surface area contributed by atoms with Crippen molar-refractivity contribution in [3.8, 4) is 0 Å². The second-order valence-electron chi connectivity index (χ2n) is 6.38. The van der Waals surface area contributed by atoms with Gasteiger partial charge in [-0.25, -0.2) is 5.43 Å². The summed E-state index contributed by atoms with van der Waals surface area (Å²) in [6, 6.07) is 10.3. The van der Waals surface area contributed by atoms with E-state index in [-0.39, 0.29) is 22.8 Å². The normalized spacial score (nSPS) is 24.0. The van der Waals surface area contributed by atoms with E-state index in [0.29, 0.717) is 12.5 Å². The molecule has 0 aromatic heterocycles. The maximum absolute atomic E-state index is 12.3. The standard InChI is InChI=1S/C17H27BrN4O/c1-12(2)15-14(18)16(21-20-15)17(23)19-10-7-11-22(3)13-8-5-4-6-9-13/h4-6,8-9,12,14-16,20-21H,7,10-11H2,1-3H3,(H,19,23). The van der Waals surface area contributed by atoms with E-state index in [1.807, 2.05) is 18.2 Å². The molecular formula is C17H27BrN4O. The Morgan fingerprint density at radius 3 is 2.61 bits per heavy atom. The number of alkyl halides is 1. The smallest absolute Gasteiger partial charge is 0.239 e. The molecule has 0 saturated carbocycles. The van der Waals surface area contributed by atoms with Gasteiger partial charge in [0.05, 0.1) is 4.83 Å². The molecule has 1 fully saturated rings. The lowest BCUT2D eigenvalue weighted by Crippen LogP contribution is -2.46. The summed E-state index contributed by atoms with van der Waals surface area (Å²) in [4.78, 5) is 14.6. The fraction of sp³-hybridized carbons (Fsp3) is 0.588. The van der Waals surface area contributed by atoms with Crippen LogP contribution in [0.5, 0.6) is 0 Å². The van der Waals surface area contributed by atoms with Gasteiger partial charge < -0.3 is 10.2 Å². The zero-order valence-corrected chi connectivity index (χ0v) is 15.6. The minimum Gasteiger partial charge on any atom is -0.375 e. The highest BCUT2D eigenvalue weighted by molar-refractivity contribution is 9.09. The first-order valence-electron chi connectivity index (χ1n) is 8.19. The van der Waals surface area contributed by atoms with Crippen LogP contribution in [0.2, 0.25) is 0 Å². The Kier molecular flexibility index (Phi) is 6.87. The van der Waals surface area contributed by atoms with Crippen molar-refractivity contribution >= 4 is 27.5 Å². The van der Waals surface area contributed by atoms with Crippen LogP contribution in [0.3, 0.4) is 0 Å². The average Bonchev–Trinajstić information content (AvgIpc) is 2.94. The highest BCUT2D eigenvalue weighted by Gasteiger charge is 2.39. The third-order valence-electron chi connectivity index (χ3n) is 4.23. The lowest BCUT2D eigenvalue weighted by Gasteiger charge is -2.21. The van der Waals surface area contributed by atoms with Gasteiger partial charge in [-0.3, -0.25) is 10.2 Å². The van der Waals surface area contributed by atoms with Gasteiger partial charge in [0.15, 0.2) is 0 Å². The first-order valence-corrected chi connectivity index (χ1v) is 9.11. The number of nitrogens with zero attached hydrogens (tertiary/aromatic N) is 1. The molecule has 1 amide bonds. The van der Waals surface area contributed by atoms with Crippen LogP contribution in [-0.2, 0) is 4.79 Å². The summed E-state index contributed by atoms with van der Waals surface area (Å²) in [5, 5.41) is 3.02. The van der Waals surface area contributed by atoms with Crippen LogP contribution in [0.15, 0.2) is 30.3 Å². The Bertz CT molecular complexity index is 497. The number of anilines is 1. The molecule has 0 bridgehead atoms. The van der Waals surface area contributed by atoms with Crippen molar-refractivity contribution in [1.29, 1.82) is 0 Å². The summed E-state index contributed by atoms with van der Waals surface area (Å²) in [7, 11) is 2.07. The fourth-order valence-corrected chi connectivity index (χ4v) is 3.86. The largest absolute Gasteiger partial charge is 0.375 e. The van der Waals surface area contributed by atoms with Gasteiger partial charge >= 0.3 is 0 Å². The van der Waals surface area contributed by atoms with Gasteiger partial charge in [0, 0.05) is 31.9 Å². The summed E-state index contributed by atoms with van der Waals surface area (Å²) >= 11 is 3.64. The van der Waals surface area contributed by atoms with Gasteiger partial charge in [0.2, 0.25) is 5.91 Å². The lowest BCUT2D eigenvalue weighted by atomic mass is 9.99. The molecule has 3 atom stereocenters. The van der Waals surface area contributed by atoms with Gasteiger partial charge in [0.1, 0.15) is 6.04 Å². The van der Waals surface area contributed by atoms with E-state index >= 15 is 0 Å². The predicted molar refractivity (Wildman–Crippen MR) is 98.7 cm³/mol. The van der Waals surface area contributed by atoms with Crippen LogP contribution in [0, 0.1) is 5.92 Å². The second kappa shape index (κ2) is 8.66. The number of para-hydroxylation sites is 1. The zero-order valence-electron chi connectivity index (χ0n) is 14.1. The molecule has 3 unspecified atom stereocenters. The molecule has 3 N–H and O–H groups in total. The number of benzene rings is 1. The molecule has 0 spiro atoms. The van der Waals surface area contributed by atoms with Gasteiger partial charge in [-0.1, -0.05) is 48.0 Å². The number of hydrogen-bond donors (Lipinski definition) is 3. The van der Waals surface area contributed by atoms with Crippen LogP contribution < -0.4 is 21.1 Å². The number of halogens is 1. The Morgan fingerprint density at radius 2 is 2.00 bits per heavy atom. The molecule has 2 rings (SSSR count). The van der Waals surface area contributed by atoms with E-state index in [4.69, 9.17) is 0 Å². The number of carbonyl (C=O) groups is 1. The van der Waals surface area contributed by atoms with Crippen molar-refractivity contribution in [2.24, 2.45) is 5.92 Å². The van der Waals surface area contributed by atoms with Gasteiger partial charge in [-0.05, 0) is 24.5 Å². The molecular weight excluding hydrogens is 356 g/mol. The van der Waals surface area contributed by atoms with Crippen molar-refractivity contribution in [1.82, 2.24) is 16.2 Å². The first-order chi connectivity index (χ1) is 11.0. The molecule has 23 heavy (non-hydrogen) atoms. The van der Waals surface area contributed by atoms with E-state index in [1.165, 1.54) is 5.69 Å². The number of hydrogen-bond acceptors (Lipinski definition) is 4. The third-order valence-corrected chi connectivity index (χ3v) is 5.33. The van der Waals surface area contributed by atoms with Crippen LogP contribution in [0.4, 0.5) is 5.69 Å². The highest BCUT2D eigenvalue weighted by atomic mass is 79.9. The molecule has 1 aliphatic heterocycles. The molecule has 0 radical (unpaired) electrons. The molecule has 0 aliphatic carbocycles. The zero-order chi connectivity index (χ0) is 16.8. The molecule has 1 aromatic rings. The summed E-state index contributed by atoms with van der Waals surface area (Å²) in [5.41, 5.74) is 7.49. The highest BCUT2D eigenvalue weighted by Crippen LogP contribution is 2.21. The Labute approximate surface area is 147 Å². The maximum atomic E-state index is 12.3. The number of amides is 1. The van der Waals surface area contributed by atoms with Crippen LogP contribution >= 0.6 is 15.9 Å². The minimum atomic E-state index is -0.228. The van der Waals surface area contributed by atoms with Gasteiger partial charge in [-0.15, -0.1) is 0 Å². The van der Waals surface area contributed by atoms with Crippen LogP contribution in [0.25, 0.3) is 0 Å². The quantitative estimate of drug-likeness (QED) is 0.497. The maximum Gasteiger partial charge on any atom is 0.239 e. The van der Waals surface area contributed by atoms with Crippen molar-refractivity contribution in [2.45, 2.75) is 37.2 Å². The van der Waals surface area contributed by atoms with Gasteiger partial charge in [0.25, 0.3) is 0 Å². The van der Waals surface area contributed by atoms with Crippen molar-refractivity contribution in [2.75, 3.05) is 25.0 Å². The topological polar surface area (TPSA) is 56.4 Å². The molecule has 5 nitrogen and oxygen atoms in total. The SMILES string of the molecule is CC(C)C1NNC(C(=O)NCCCN(C)c2ccccc2)C1Br. The Morgan fingerprint density at radius 1 is 1.30 bits per heavy atom. The lowest BCUT2D eigenvalue weighted by molar-refractivity contribution is -0.122. The van der Waals surface area contributed by atoms with E-state index in [0.717, 1.165) is 13.0 Å². The second-order valence-corrected chi connectivity index (χ2v) is 7.44. The first kappa shape index (κ1) is 18.2. The summed E-state index contributed by atoms with van der Waals surface area (Å²) in [5.74, 6) is 0.508. The number of rotatable bonds is 7. The fourth-order valence-electron chi connectivity index (χ4n) is 2.75. The molecule has 6 heteroatoms. The van der Waals surface area contributed by atoms with E-state index in [2.05, 4.69) is 70.0 Å². The average molecular weight is 383 g/mol. The van der Waals surface area contributed by atoms with Crippen LogP contribution in [-0.4, -0.2) is 43.0 Å². The van der Waals surface area contributed by atoms with E-state index in [1.54, 1.807) is 0 Å². The minimum absolute atomic E-state index is 0.0462. The number of nitrogens with one attached hydrogen (secondary N) is 3. The molecule has 1 aromatic carbocycles. The molecule has 1 aliphatic rings. The Balaban J connectivity index is 1.69. The summed E-state index contributed by atoms with van der Waals surface area (Å²) < 4.78 is 0. The molecule has 1 heterocycles. The van der Waals surface area contributed by atoms with Crippen molar-refractivity contribution in [3.05, 3.63) is 30.3 Å². The summed E-state index contributed by atoms with van der Waals surface area (Å²) in [6.07, 6.45) is 0.915. The number of hydrazine groups is 1. The number of carbonyl (C=O) groups excluding carboxylic acids is 1. The molecule has 128 valence electrons. The van der Waals surface area contributed by atoms with E-state index in [9.17, 15) is 4.79 Å². The monoisotopic (exact) mass is 382 g/mol. The van der Waals surface area contributed by atoms with Crippen LogP contribution in [0.1, 0.15) is 20.3 Å². The van der Waals surface area contributed by atoms with Gasteiger partial charge in [-0.2, -0.15) is 0 Å².